The van der Waals surface area contributed by atoms with E-state index in [1.165, 1.54) is 0 Å². The number of halogens is 6. The minimum atomic E-state index is -5.06. The molecule has 0 fully saturated rings. The Morgan fingerprint density at radius 3 is 2.47 bits per heavy atom. The van der Waals surface area contributed by atoms with Gasteiger partial charge in [0.05, 0.1) is 22.1 Å². The largest absolute Gasteiger partial charge is 0.433 e. The first-order valence-electron chi connectivity index (χ1n) is 10.6. The van der Waals surface area contributed by atoms with Crippen molar-refractivity contribution in [3.63, 3.8) is 0 Å². The number of nitrogens with zero attached hydrogens (tertiary/aromatic N) is 4. The van der Waals surface area contributed by atoms with Crippen LogP contribution in [0.1, 0.15) is 32.5 Å². The van der Waals surface area contributed by atoms with Crippen molar-refractivity contribution < 1.29 is 26.3 Å². The fourth-order valence-electron chi connectivity index (χ4n) is 3.55. The molecule has 1 aromatic carbocycles. The van der Waals surface area contributed by atoms with Gasteiger partial charge in [-0.05, 0) is 49.1 Å². The molecule has 2 aromatic heterocycles. The number of pyridine rings is 1. The lowest BCUT2D eigenvalue weighted by molar-refractivity contribution is -0.0959. The zero-order valence-corrected chi connectivity index (χ0v) is 18.9. The molecule has 0 bridgehead atoms. The van der Waals surface area contributed by atoms with E-state index in [4.69, 9.17) is 0 Å². The van der Waals surface area contributed by atoms with E-state index in [1.54, 1.807) is 33.2 Å². The summed E-state index contributed by atoms with van der Waals surface area (Å²) in [7, 11) is 1.81. The van der Waals surface area contributed by atoms with E-state index < -0.39 is 23.6 Å². The second-order valence-corrected chi connectivity index (χ2v) is 8.05. The summed E-state index contributed by atoms with van der Waals surface area (Å²) in [6, 6.07) is 7.42. The highest BCUT2D eigenvalue weighted by molar-refractivity contribution is 6.02. The van der Waals surface area contributed by atoms with E-state index in [1.807, 2.05) is 22.8 Å². The van der Waals surface area contributed by atoms with E-state index in [0.717, 1.165) is 21.9 Å². The fraction of sp³-hybridized carbons (Fsp3) is 0.375. The van der Waals surface area contributed by atoms with Crippen LogP contribution in [0.15, 0.2) is 59.4 Å². The first kappa shape index (κ1) is 25.5. The number of hydrogen-bond acceptors (Lipinski definition) is 3. The maximum absolute atomic E-state index is 13.5. The standard InChI is InChI=1S/C24H24F6N4/c1-5-14(2)17(32-20(24(28,29)30)13-15(3)23(25,26)27)9-11-21-33-22-16-7-6-12-31-18(16)8-10-19(22)34(21)4/h6-8,10,12-14H,3,5,9,11H2,1-2,4H3/b20-13-,32-17?. The molecule has 4 nitrogen and oxygen atoms in total. The lowest BCUT2D eigenvalue weighted by Crippen LogP contribution is -2.19. The van der Waals surface area contributed by atoms with Crippen molar-refractivity contribution >= 4 is 27.6 Å². The van der Waals surface area contributed by atoms with Crippen molar-refractivity contribution in [3.05, 3.63) is 60.2 Å². The molecule has 0 aliphatic heterocycles. The Bertz CT molecular complexity index is 1260. The van der Waals surface area contributed by atoms with Gasteiger partial charge < -0.3 is 4.57 Å². The average molecular weight is 482 g/mol. The van der Waals surface area contributed by atoms with E-state index in [0.29, 0.717) is 12.2 Å². The quantitative estimate of drug-likeness (QED) is 0.205. The summed E-state index contributed by atoms with van der Waals surface area (Å²) >= 11 is 0. The molecule has 3 aromatic rings. The summed E-state index contributed by atoms with van der Waals surface area (Å²) in [5, 5.41) is 0.852. The number of benzene rings is 1. The lowest BCUT2D eigenvalue weighted by Gasteiger charge is -2.16. The van der Waals surface area contributed by atoms with Gasteiger partial charge in [-0.3, -0.25) is 9.98 Å². The van der Waals surface area contributed by atoms with Gasteiger partial charge in [-0.1, -0.05) is 20.4 Å². The molecular formula is C24H24F6N4. The van der Waals surface area contributed by atoms with Crippen LogP contribution in [-0.4, -0.2) is 32.6 Å². The molecule has 2 heterocycles. The Morgan fingerprint density at radius 1 is 1.15 bits per heavy atom. The fourth-order valence-corrected chi connectivity index (χ4v) is 3.55. The van der Waals surface area contributed by atoms with Crippen molar-refractivity contribution in [2.24, 2.45) is 18.0 Å². The number of alkyl halides is 6. The number of allylic oxidation sites excluding steroid dienone is 3. The summed E-state index contributed by atoms with van der Waals surface area (Å²) < 4.78 is 80.8. The number of rotatable bonds is 7. The highest BCUT2D eigenvalue weighted by atomic mass is 19.4. The zero-order valence-electron chi connectivity index (χ0n) is 18.9. The van der Waals surface area contributed by atoms with Crippen LogP contribution in [0.2, 0.25) is 0 Å². The molecule has 34 heavy (non-hydrogen) atoms. The smallest absolute Gasteiger partial charge is 0.331 e. The molecule has 3 rings (SSSR count). The highest BCUT2D eigenvalue weighted by Gasteiger charge is 2.38. The molecule has 1 unspecified atom stereocenters. The molecule has 10 heteroatoms. The molecule has 0 radical (unpaired) electrons. The molecule has 0 spiro atoms. The molecule has 0 amide bonds. The Morgan fingerprint density at radius 2 is 1.85 bits per heavy atom. The number of fused-ring (bicyclic) bond motifs is 3. The van der Waals surface area contributed by atoms with E-state index in [-0.39, 0.29) is 30.5 Å². The highest BCUT2D eigenvalue weighted by Crippen LogP contribution is 2.33. The topological polar surface area (TPSA) is 43.1 Å². The van der Waals surface area contributed by atoms with Crippen LogP contribution >= 0.6 is 0 Å². The van der Waals surface area contributed by atoms with Gasteiger partial charge in [-0.2, -0.15) is 26.3 Å². The molecular weight excluding hydrogens is 458 g/mol. The van der Waals surface area contributed by atoms with Gasteiger partial charge in [0, 0.05) is 30.8 Å². The molecule has 0 aliphatic carbocycles. The predicted molar refractivity (Wildman–Crippen MR) is 121 cm³/mol. The van der Waals surface area contributed by atoms with E-state index in [9.17, 15) is 26.3 Å². The lowest BCUT2D eigenvalue weighted by atomic mass is 9.98. The Labute approximate surface area is 192 Å². The number of aromatic nitrogens is 3. The van der Waals surface area contributed by atoms with Gasteiger partial charge in [0.1, 0.15) is 11.5 Å². The normalized spacial score (nSPS) is 14.7. The number of hydrogen-bond donors (Lipinski definition) is 0. The third-order valence-corrected chi connectivity index (χ3v) is 5.74. The van der Waals surface area contributed by atoms with Crippen molar-refractivity contribution in [1.82, 2.24) is 14.5 Å². The van der Waals surface area contributed by atoms with Crippen molar-refractivity contribution in [2.75, 3.05) is 0 Å². The zero-order chi connectivity index (χ0) is 25.3. The maximum Gasteiger partial charge on any atom is 0.433 e. The van der Waals surface area contributed by atoms with E-state index >= 15 is 0 Å². The molecule has 0 saturated carbocycles. The monoisotopic (exact) mass is 482 g/mol. The molecule has 182 valence electrons. The predicted octanol–water partition coefficient (Wildman–Crippen LogP) is 7.11. The third kappa shape index (κ3) is 5.48. The Kier molecular flexibility index (Phi) is 7.18. The van der Waals surface area contributed by atoms with Gasteiger partial charge in [0.2, 0.25) is 0 Å². The number of imidazole rings is 1. The SMILES string of the molecule is C=C(/C=C(\N=C(CCc1nc2c3cccnc3ccc2n1C)C(C)CC)C(F)(F)F)C(F)(F)F. The van der Waals surface area contributed by atoms with Crippen molar-refractivity contribution in [3.8, 4) is 0 Å². The van der Waals surface area contributed by atoms with Crippen molar-refractivity contribution in [1.29, 1.82) is 0 Å². The summed E-state index contributed by atoms with van der Waals surface area (Å²) in [6.07, 6.45) is -7.56. The molecule has 0 aliphatic rings. The van der Waals surface area contributed by atoms with Crippen LogP contribution in [0.25, 0.3) is 21.9 Å². The van der Waals surface area contributed by atoms with Crippen LogP contribution in [0.4, 0.5) is 26.3 Å². The van der Waals surface area contributed by atoms with E-state index in [2.05, 4.69) is 21.5 Å². The Balaban J connectivity index is 1.98. The molecule has 1 atom stereocenters. The van der Waals surface area contributed by atoms with Crippen LogP contribution < -0.4 is 0 Å². The van der Waals surface area contributed by atoms with Gasteiger partial charge in [0.25, 0.3) is 0 Å². The second kappa shape index (κ2) is 9.60. The van der Waals surface area contributed by atoms with Gasteiger partial charge >= 0.3 is 12.4 Å². The maximum atomic E-state index is 13.5. The summed E-state index contributed by atoms with van der Waals surface area (Å²) in [6.45, 7) is 6.19. The first-order chi connectivity index (χ1) is 15.8. The summed E-state index contributed by atoms with van der Waals surface area (Å²) in [5.74, 6) is 0.254. The minimum absolute atomic E-state index is 0.0451. The van der Waals surface area contributed by atoms with Crippen LogP contribution in [0.5, 0.6) is 0 Å². The van der Waals surface area contributed by atoms with Crippen LogP contribution in [-0.2, 0) is 13.5 Å². The molecule has 0 saturated heterocycles. The van der Waals surface area contributed by atoms with Crippen LogP contribution in [0, 0.1) is 5.92 Å². The number of aliphatic imine (C=N–C) groups is 1. The van der Waals surface area contributed by atoms with Crippen molar-refractivity contribution in [2.45, 2.75) is 45.5 Å². The van der Waals surface area contributed by atoms with Crippen LogP contribution in [0.3, 0.4) is 0 Å². The second-order valence-electron chi connectivity index (χ2n) is 8.05. The Hall–Kier alpha value is -3.17. The first-order valence-corrected chi connectivity index (χ1v) is 10.6. The minimum Gasteiger partial charge on any atom is -0.331 e. The molecule has 0 N–H and O–H groups in total. The van der Waals surface area contributed by atoms with Gasteiger partial charge in [0.15, 0.2) is 0 Å². The average Bonchev–Trinajstić information content (AvgIpc) is 3.09. The summed E-state index contributed by atoms with van der Waals surface area (Å²) in [4.78, 5) is 12.6. The van der Waals surface area contributed by atoms with Gasteiger partial charge in [-0.25, -0.2) is 4.98 Å². The number of aryl methyl sites for hydroxylation is 2. The summed E-state index contributed by atoms with van der Waals surface area (Å²) in [5.41, 5.74) is -0.738. The van der Waals surface area contributed by atoms with Gasteiger partial charge in [-0.15, -0.1) is 0 Å². The third-order valence-electron chi connectivity index (χ3n) is 5.74.